The van der Waals surface area contributed by atoms with Crippen LogP contribution in [0.4, 0.5) is 0 Å². The van der Waals surface area contributed by atoms with Crippen molar-refractivity contribution in [2.75, 3.05) is 6.54 Å². The summed E-state index contributed by atoms with van der Waals surface area (Å²) in [6.45, 7) is 2.53. The molecule has 8 heteroatoms. The van der Waals surface area contributed by atoms with Gasteiger partial charge in [0.25, 0.3) is 5.91 Å². The van der Waals surface area contributed by atoms with Crippen molar-refractivity contribution in [3.8, 4) is 0 Å². The number of amides is 1. The van der Waals surface area contributed by atoms with Crippen molar-refractivity contribution in [1.82, 2.24) is 14.6 Å². The molecule has 0 radical (unpaired) electrons. The third kappa shape index (κ3) is 4.76. The number of carbonyl (C=O) groups is 1. The fourth-order valence-corrected chi connectivity index (χ4v) is 6.90. The molecule has 4 rings (SSSR count). The standard InChI is InChI=1S/C24H33N3O4S/c1-2-18-11-7-8-14-27(18)32(30,31)19-12-13-22-20(15-19)21(16-23(28)26-22)24(29)25-17-9-5-3-4-6-10-17/h12-13,15-18H,2-11,14H2,1H3,(H,25,29)(H,26,28). The van der Waals surface area contributed by atoms with E-state index in [1.807, 2.05) is 6.92 Å². The molecule has 2 aliphatic rings. The fourth-order valence-electron chi connectivity index (χ4n) is 5.10. The number of aromatic amines is 1. The number of piperidine rings is 1. The van der Waals surface area contributed by atoms with E-state index in [9.17, 15) is 18.0 Å². The zero-order chi connectivity index (χ0) is 22.7. The highest BCUT2D eigenvalue weighted by atomic mass is 32.2. The zero-order valence-corrected chi connectivity index (χ0v) is 19.5. The average molecular weight is 460 g/mol. The third-order valence-corrected chi connectivity index (χ3v) is 8.85. The summed E-state index contributed by atoms with van der Waals surface area (Å²) >= 11 is 0. The second-order valence-electron chi connectivity index (χ2n) is 9.09. The van der Waals surface area contributed by atoms with Crippen molar-refractivity contribution < 1.29 is 13.2 Å². The van der Waals surface area contributed by atoms with Crippen LogP contribution in [0.2, 0.25) is 0 Å². The minimum atomic E-state index is -3.69. The highest BCUT2D eigenvalue weighted by molar-refractivity contribution is 7.89. The van der Waals surface area contributed by atoms with E-state index in [1.54, 1.807) is 16.4 Å². The largest absolute Gasteiger partial charge is 0.349 e. The molecule has 1 aromatic carbocycles. The van der Waals surface area contributed by atoms with Crippen LogP contribution in [0, 0.1) is 0 Å². The Labute approximate surface area is 189 Å². The van der Waals surface area contributed by atoms with Crippen molar-refractivity contribution in [1.29, 1.82) is 0 Å². The van der Waals surface area contributed by atoms with Gasteiger partial charge in [-0.1, -0.05) is 39.0 Å². The highest BCUT2D eigenvalue weighted by Gasteiger charge is 2.33. The van der Waals surface area contributed by atoms with Crippen LogP contribution in [0.15, 0.2) is 34.0 Å². The van der Waals surface area contributed by atoms with Gasteiger partial charge < -0.3 is 10.3 Å². The average Bonchev–Trinajstić information content (AvgIpc) is 3.06. The van der Waals surface area contributed by atoms with Crippen LogP contribution in [-0.2, 0) is 10.0 Å². The third-order valence-electron chi connectivity index (χ3n) is 6.90. The minimum absolute atomic E-state index is 0.00182. The molecule has 174 valence electrons. The number of aromatic nitrogens is 1. The molecular formula is C24H33N3O4S. The molecule has 1 unspecified atom stereocenters. The summed E-state index contributed by atoms with van der Waals surface area (Å²) in [7, 11) is -3.69. The lowest BCUT2D eigenvalue weighted by Crippen LogP contribution is -2.43. The van der Waals surface area contributed by atoms with Crippen molar-refractivity contribution in [3.63, 3.8) is 0 Å². The van der Waals surface area contributed by atoms with Gasteiger partial charge in [0.15, 0.2) is 0 Å². The topological polar surface area (TPSA) is 99.3 Å². The number of hydrogen-bond donors (Lipinski definition) is 2. The zero-order valence-electron chi connectivity index (χ0n) is 18.7. The Bertz CT molecular complexity index is 1130. The van der Waals surface area contributed by atoms with Gasteiger partial charge in [0.2, 0.25) is 15.6 Å². The van der Waals surface area contributed by atoms with E-state index in [0.29, 0.717) is 17.4 Å². The molecule has 7 nitrogen and oxygen atoms in total. The van der Waals surface area contributed by atoms with Gasteiger partial charge in [-0.25, -0.2) is 8.42 Å². The Morgan fingerprint density at radius 2 is 1.78 bits per heavy atom. The van der Waals surface area contributed by atoms with Crippen LogP contribution in [0.25, 0.3) is 10.9 Å². The predicted octanol–water partition coefficient (Wildman–Crippen LogP) is 3.93. The number of rotatable bonds is 5. The Kier molecular flexibility index (Phi) is 7.00. The van der Waals surface area contributed by atoms with Crippen LogP contribution in [0.5, 0.6) is 0 Å². The SMILES string of the molecule is CCC1CCCCN1S(=O)(=O)c1ccc2[nH]c(=O)cc(C(=O)NC3CCCCCC3)c2c1. The monoisotopic (exact) mass is 459 g/mol. The van der Waals surface area contributed by atoms with E-state index in [4.69, 9.17) is 0 Å². The number of pyridine rings is 1. The van der Waals surface area contributed by atoms with E-state index in [2.05, 4.69) is 10.3 Å². The van der Waals surface area contributed by atoms with Gasteiger partial charge in [-0.15, -0.1) is 0 Å². The number of nitrogens with one attached hydrogen (secondary N) is 2. The molecule has 2 N–H and O–H groups in total. The molecule has 0 spiro atoms. The predicted molar refractivity (Wildman–Crippen MR) is 125 cm³/mol. The molecule has 1 aliphatic carbocycles. The van der Waals surface area contributed by atoms with Crippen LogP contribution in [-0.4, -0.2) is 42.2 Å². The van der Waals surface area contributed by atoms with Crippen molar-refractivity contribution in [2.45, 2.75) is 88.1 Å². The quantitative estimate of drug-likeness (QED) is 0.662. The Morgan fingerprint density at radius 1 is 1.06 bits per heavy atom. The maximum Gasteiger partial charge on any atom is 0.252 e. The van der Waals surface area contributed by atoms with Gasteiger partial charge in [-0.2, -0.15) is 4.31 Å². The maximum absolute atomic E-state index is 13.5. The molecule has 0 bridgehead atoms. The summed E-state index contributed by atoms with van der Waals surface area (Å²) in [4.78, 5) is 28.2. The highest BCUT2D eigenvalue weighted by Crippen LogP contribution is 2.29. The fraction of sp³-hybridized carbons (Fsp3) is 0.583. The van der Waals surface area contributed by atoms with E-state index >= 15 is 0 Å². The van der Waals surface area contributed by atoms with Gasteiger partial charge in [-0.05, 0) is 50.3 Å². The Balaban J connectivity index is 1.70. The molecule has 1 saturated carbocycles. The summed E-state index contributed by atoms with van der Waals surface area (Å²) in [6.07, 6.45) is 9.91. The van der Waals surface area contributed by atoms with Crippen LogP contribution >= 0.6 is 0 Å². The molecule has 1 amide bonds. The summed E-state index contributed by atoms with van der Waals surface area (Å²) in [6, 6.07) is 6.03. The second kappa shape index (κ2) is 9.75. The van der Waals surface area contributed by atoms with Crippen molar-refractivity contribution >= 4 is 26.8 Å². The molecular weight excluding hydrogens is 426 g/mol. The minimum Gasteiger partial charge on any atom is -0.349 e. The molecule has 2 aromatic rings. The number of fused-ring (bicyclic) bond motifs is 1. The van der Waals surface area contributed by atoms with E-state index in [0.717, 1.165) is 51.4 Å². The number of carbonyl (C=O) groups excluding carboxylic acids is 1. The van der Waals surface area contributed by atoms with Crippen molar-refractivity contribution in [2.24, 2.45) is 0 Å². The van der Waals surface area contributed by atoms with Crippen LogP contribution in [0.1, 0.15) is 81.5 Å². The molecule has 2 fully saturated rings. The molecule has 1 aromatic heterocycles. The first-order valence-electron chi connectivity index (χ1n) is 11.9. The maximum atomic E-state index is 13.5. The first-order chi connectivity index (χ1) is 15.4. The van der Waals surface area contributed by atoms with Crippen molar-refractivity contribution in [3.05, 3.63) is 40.2 Å². The molecule has 1 aliphatic heterocycles. The second-order valence-corrected chi connectivity index (χ2v) is 11.0. The number of benzene rings is 1. The van der Waals surface area contributed by atoms with Gasteiger partial charge in [0.1, 0.15) is 0 Å². The number of nitrogens with zero attached hydrogens (tertiary/aromatic N) is 1. The molecule has 32 heavy (non-hydrogen) atoms. The smallest absolute Gasteiger partial charge is 0.252 e. The molecule has 2 heterocycles. The summed E-state index contributed by atoms with van der Waals surface area (Å²) < 4.78 is 28.5. The number of hydrogen-bond acceptors (Lipinski definition) is 4. The lowest BCUT2D eigenvalue weighted by molar-refractivity contribution is 0.0935. The normalized spacial score (nSPS) is 21.3. The van der Waals surface area contributed by atoms with Gasteiger partial charge in [-0.3, -0.25) is 9.59 Å². The first kappa shape index (κ1) is 23.0. The van der Waals surface area contributed by atoms with Gasteiger partial charge in [0.05, 0.1) is 10.5 Å². The van der Waals surface area contributed by atoms with Crippen LogP contribution < -0.4 is 10.9 Å². The number of sulfonamides is 1. The summed E-state index contributed by atoms with van der Waals surface area (Å²) in [5, 5.41) is 3.54. The molecule has 1 atom stereocenters. The lowest BCUT2D eigenvalue weighted by Gasteiger charge is -2.34. The lowest BCUT2D eigenvalue weighted by atomic mass is 10.0. The van der Waals surface area contributed by atoms with Gasteiger partial charge in [0, 0.05) is 35.6 Å². The first-order valence-corrected chi connectivity index (χ1v) is 13.3. The van der Waals surface area contributed by atoms with E-state index in [1.165, 1.54) is 25.0 Å². The van der Waals surface area contributed by atoms with E-state index < -0.39 is 10.0 Å². The van der Waals surface area contributed by atoms with E-state index in [-0.39, 0.29) is 34.0 Å². The molecule has 1 saturated heterocycles. The van der Waals surface area contributed by atoms with Crippen LogP contribution in [0.3, 0.4) is 0 Å². The number of H-pyrrole nitrogens is 1. The Morgan fingerprint density at radius 3 is 2.50 bits per heavy atom. The Hall–Kier alpha value is -2.19. The summed E-state index contributed by atoms with van der Waals surface area (Å²) in [5.41, 5.74) is 0.324. The summed E-state index contributed by atoms with van der Waals surface area (Å²) in [5.74, 6) is -0.313. The van der Waals surface area contributed by atoms with Gasteiger partial charge >= 0.3 is 0 Å².